The van der Waals surface area contributed by atoms with Gasteiger partial charge in [-0.3, -0.25) is 0 Å². The van der Waals surface area contributed by atoms with Crippen molar-refractivity contribution in [2.75, 3.05) is 0 Å². The average molecular weight is 652 g/mol. The van der Waals surface area contributed by atoms with E-state index in [0.29, 0.717) is 17.5 Å². The van der Waals surface area contributed by atoms with Crippen molar-refractivity contribution < 1.29 is 4.42 Å². The molecule has 2 heterocycles. The van der Waals surface area contributed by atoms with Crippen LogP contribution in [-0.4, -0.2) is 15.0 Å². The van der Waals surface area contributed by atoms with Gasteiger partial charge >= 0.3 is 0 Å². The molecule has 0 atom stereocenters. The maximum atomic E-state index is 6.69. The van der Waals surface area contributed by atoms with Crippen LogP contribution in [0.2, 0.25) is 0 Å². The first-order valence-corrected chi connectivity index (χ1v) is 17.1. The smallest absolute Gasteiger partial charge is 0.164 e. The second-order valence-electron chi connectivity index (χ2n) is 12.8. The number of hydrogen-bond donors (Lipinski definition) is 0. The zero-order chi connectivity index (χ0) is 33.7. The van der Waals surface area contributed by atoms with Gasteiger partial charge in [0.05, 0.1) is 0 Å². The summed E-state index contributed by atoms with van der Waals surface area (Å²) in [6.07, 6.45) is 0. The van der Waals surface area contributed by atoms with Crippen molar-refractivity contribution in [1.82, 2.24) is 15.0 Å². The topological polar surface area (TPSA) is 51.8 Å². The summed E-state index contributed by atoms with van der Waals surface area (Å²) in [7, 11) is 0. The van der Waals surface area contributed by atoms with E-state index >= 15 is 0 Å². The zero-order valence-corrected chi connectivity index (χ0v) is 27.5. The number of nitrogens with zero attached hydrogens (tertiary/aromatic N) is 3. The Labute approximate surface area is 294 Å². The largest absolute Gasteiger partial charge is 0.455 e. The van der Waals surface area contributed by atoms with E-state index in [4.69, 9.17) is 19.4 Å². The Morgan fingerprint density at radius 1 is 0.314 bits per heavy atom. The molecule has 10 rings (SSSR count). The number of aromatic nitrogens is 3. The van der Waals surface area contributed by atoms with Crippen LogP contribution in [0.1, 0.15) is 0 Å². The van der Waals surface area contributed by atoms with E-state index in [2.05, 4.69) is 140 Å². The van der Waals surface area contributed by atoms with Crippen LogP contribution in [0, 0.1) is 0 Å². The van der Waals surface area contributed by atoms with Crippen LogP contribution in [0.3, 0.4) is 0 Å². The third-order valence-corrected chi connectivity index (χ3v) is 9.70. The number of benzene rings is 8. The molecule has 0 fully saturated rings. The monoisotopic (exact) mass is 651 g/mol. The lowest BCUT2D eigenvalue weighted by molar-refractivity contribution is 0.673. The Morgan fingerprint density at radius 3 is 1.73 bits per heavy atom. The SMILES string of the molecule is c1ccc(-c2cccc(-c3nc(-c4ccccc4)nc(-c4cc5c6ccc(-c7ccc8ccccc8c7)cc6oc5c5ccccc45)n3)c2)cc1. The van der Waals surface area contributed by atoms with Gasteiger partial charge in [-0.15, -0.1) is 0 Å². The molecule has 2 aromatic heterocycles. The lowest BCUT2D eigenvalue weighted by Crippen LogP contribution is -2.00. The Bertz CT molecular complexity index is 2910. The fourth-order valence-electron chi connectivity index (χ4n) is 7.14. The number of hydrogen-bond acceptors (Lipinski definition) is 4. The molecule has 0 aliphatic heterocycles. The summed E-state index contributed by atoms with van der Waals surface area (Å²) in [5.74, 6) is 1.86. The zero-order valence-electron chi connectivity index (χ0n) is 27.5. The summed E-state index contributed by atoms with van der Waals surface area (Å²) < 4.78 is 6.69. The summed E-state index contributed by atoms with van der Waals surface area (Å²) in [6, 6.07) is 61.0. The third kappa shape index (κ3) is 5.13. The first-order valence-electron chi connectivity index (χ1n) is 17.1. The van der Waals surface area contributed by atoms with Crippen LogP contribution < -0.4 is 0 Å². The molecule has 10 aromatic rings. The van der Waals surface area contributed by atoms with Gasteiger partial charge in [-0.05, 0) is 68.7 Å². The van der Waals surface area contributed by atoms with Crippen molar-refractivity contribution in [2.24, 2.45) is 0 Å². The molecule has 0 spiro atoms. The second kappa shape index (κ2) is 11.9. The quantitative estimate of drug-likeness (QED) is 0.186. The van der Waals surface area contributed by atoms with Crippen LogP contribution in [0.15, 0.2) is 180 Å². The lowest BCUT2D eigenvalue weighted by atomic mass is 9.98. The molecule has 8 aromatic carbocycles. The number of furan rings is 1. The fourth-order valence-corrected chi connectivity index (χ4v) is 7.14. The van der Waals surface area contributed by atoms with E-state index in [1.54, 1.807) is 0 Å². The van der Waals surface area contributed by atoms with E-state index in [1.165, 1.54) is 10.8 Å². The number of rotatable bonds is 5. The highest BCUT2D eigenvalue weighted by Crippen LogP contribution is 2.41. The van der Waals surface area contributed by atoms with Gasteiger partial charge in [-0.25, -0.2) is 15.0 Å². The third-order valence-electron chi connectivity index (χ3n) is 9.70. The summed E-state index contributed by atoms with van der Waals surface area (Å²) in [6.45, 7) is 0. The molecule has 0 bridgehead atoms. The van der Waals surface area contributed by atoms with Gasteiger partial charge in [0, 0.05) is 32.8 Å². The van der Waals surface area contributed by atoms with Crippen molar-refractivity contribution in [3.8, 4) is 56.4 Å². The lowest BCUT2D eigenvalue weighted by Gasteiger charge is -2.11. The molecule has 0 N–H and O–H groups in total. The highest BCUT2D eigenvalue weighted by atomic mass is 16.3. The van der Waals surface area contributed by atoms with Gasteiger partial charge in [0.2, 0.25) is 0 Å². The second-order valence-corrected chi connectivity index (χ2v) is 12.8. The minimum Gasteiger partial charge on any atom is -0.455 e. The molecule has 4 nitrogen and oxygen atoms in total. The first-order chi connectivity index (χ1) is 25.2. The summed E-state index contributed by atoms with van der Waals surface area (Å²) in [5, 5.41) is 6.56. The first kappa shape index (κ1) is 29.0. The van der Waals surface area contributed by atoms with Gasteiger partial charge in [0.25, 0.3) is 0 Å². The maximum Gasteiger partial charge on any atom is 0.164 e. The predicted molar refractivity (Wildman–Crippen MR) is 209 cm³/mol. The molecular formula is C47H29N3O. The average Bonchev–Trinajstić information content (AvgIpc) is 3.59. The highest BCUT2D eigenvalue weighted by Gasteiger charge is 2.19. The van der Waals surface area contributed by atoms with Crippen LogP contribution in [0.5, 0.6) is 0 Å². The number of fused-ring (bicyclic) bond motifs is 6. The van der Waals surface area contributed by atoms with Crippen LogP contribution in [0.25, 0.3) is 99.9 Å². The molecular weight excluding hydrogens is 623 g/mol. The molecule has 51 heavy (non-hydrogen) atoms. The molecule has 0 amide bonds. The molecule has 0 saturated heterocycles. The molecule has 0 aliphatic rings. The minimum absolute atomic E-state index is 0.615. The van der Waals surface area contributed by atoms with Crippen molar-refractivity contribution >= 4 is 43.5 Å². The van der Waals surface area contributed by atoms with E-state index < -0.39 is 0 Å². The van der Waals surface area contributed by atoms with Crippen molar-refractivity contribution in [3.05, 3.63) is 176 Å². The Balaban J connectivity index is 1.17. The molecule has 0 saturated carbocycles. The van der Waals surface area contributed by atoms with Gasteiger partial charge in [-0.2, -0.15) is 0 Å². The van der Waals surface area contributed by atoms with Crippen LogP contribution >= 0.6 is 0 Å². The standard InChI is InChI=1S/C47H29N3O/c1-3-12-30(13-4-1)34-18-11-19-37(27-34)46-48-45(32-15-5-2-6-16-32)49-47(50-46)42-29-41-39-25-24-36(35-23-22-31-14-7-8-17-33(31)26-35)28-43(39)51-44(41)40-21-10-9-20-38(40)42/h1-29H. The van der Waals surface area contributed by atoms with E-state index in [-0.39, 0.29) is 0 Å². The van der Waals surface area contributed by atoms with Gasteiger partial charge in [-0.1, -0.05) is 146 Å². The Hall–Kier alpha value is -6.91. The minimum atomic E-state index is 0.615. The van der Waals surface area contributed by atoms with Crippen molar-refractivity contribution in [1.29, 1.82) is 0 Å². The summed E-state index contributed by atoms with van der Waals surface area (Å²) in [5.41, 5.74) is 9.01. The normalized spacial score (nSPS) is 11.5. The van der Waals surface area contributed by atoms with Crippen LogP contribution in [-0.2, 0) is 0 Å². The maximum absolute atomic E-state index is 6.69. The highest BCUT2D eigenvalue weighted by molar-refractivity contribution is 6.19. The van der Waals surface area contributed by atoms with Gasteiger partial charge in [0.1, 0.15) is 11.2 Å². The van der Waals surface area contributed by atoms with E-state index in [0.717, 1.165) is 71.7 Å². The Morgan fingerprint density at radius 2 is 0.902 bits per heavy atom. The van der Waals surface area contributed by atoms with Gasteiger partial charge in [0.15, 0.2) is 17.5 Å². The summed E-state index contributed by atoms with van der Waals surface area (Å²) >= 11 is 0. The van der Waals surface area contributed by atoms with Crippen molar-refractivity contribution in [2.45, 2.75) is 0 Å². The predicted octanol–water partition coefficient (Wildman–Crippen LogP) is 12.4. The fraction of sp³-hybridized carbons (Fsp3) is 0. The molecule has 238 valence electrons. The van der Waals surface area contributed by atoms with Gasteiger partial charge < -0.3 is 4.42 Å². The molecule has 0 unspecified atom stereocenters. The van der Waals surface area contributed by atoms with Crippen LogP contribution in [0.4, 0.5) is 0 Å². The van der Waals surface area contributed by atoms with E-state index in [9.17, 15) is 0 Å². The molecule has 4 heteroatoms. The molecule has 0 aliphatic carbocycles. The Kier molecular flexibility index (Phi) is 6.78. The summed E-state index contributed by atoms with van der Waals surface area (Å²) in [4.78, 5) is 15.3. The molecule has 0 radical (unpaired) electrons. The van der Waals surface area contributed by atoms with E-state index in [1.807, 2.05) is 36.4 Å². The van der Waals surface area contributed by atoms with Crippen molar-refractivity contribution in [3.63, 3.8) is 0 Å².